The number of ether oxygens (including phenoxy) is 1. The van der Waals surface area contributed by atoms with Crippen LogP contribution in [0.15, 0.2) is 54.7 Å². The maximum absolute atomic E-state index is 14.3. The van der Waals surface area contributed by atoms with Crippen LogP contribution in [0.5, 0.6) is 5.75 Å². The van der Waals surface area contributed by atoms with Gasteiger partial charge in [-0.3, -0.25) is 9.19 Å². The Labute approximate surface area is 166 Å². The molecule has 1 atom stereocenters. The van der Waals surface area contributed by atoms with E-state index < -0.39 is 29.0 Å². The van der Waals surface area contributed by atoms with Gasteiger partial charge in [0.25, 0.3) is 0 Å². The number of pyridine rings is 1. The van der Waals surface area contributed by atoms with Gasteiger partial charge in [0.15, 0.2) is 0 Å². The summed E-state index contributed by atoms with van der Waals surface area (Å²) in [6.45, 7) is 1.49. The lowest BCUT2D eigenvalue weighted by molar-refractivity contribution is -0.274. The molecule has 1 aromatic heterocycles. The van der Waals surface area contributed by atoms with E-state index in [1.54, 1.807) is 18.2 Å². The van der Waals surface area contributed by atoms with Crippen molar-refractivity contribution in [1.29, 1.82) is 0 Å². The molecule has 0 saturated carbocycles. The number of halogens is 4. The van der Waals surface area contributed by atoms with E-state index in [1.807, 2.05) is 0 Å². The molecule has 0 amide bonds. The highest BCUT2D eigenvalue weighted by molar-refractivity contribution is 7.78. The molecule has 1 unspecified atom stereocenters. The minimum atomic E-state index is -4.83. The first kappa shape index (κ1) is 20.9. The van der Waals surface area contributed by atoms with Gasteiger partial charge in [-0.05, 0) is 41.8 Å². The van der Waals surface area contributed by atoms with E-state index in [0.29, 0.717) is 27.9 Å². The molecule has 0 spiro atoms. The predicted molar refractivity (Wildman–Crippen MR) is 99.1 cm³/mol. The molecule has 0 bridgehead atoms. The third-order valence-corrected chi connectivity index (χ3v) is 4.68. The van der Waals surface area contributed by atoms with Gasteiger partial charge in [0.2, 0.25) is 0 Å². The third-order valence-electron chi connectivity index (χ3n) is 4.13. The van der Waals surface area contributed by atoms with Crippen LogP contribution in [0.25, 0.3) is 22.4 Å². The fraction of sp³-hybridized carbons (Fsp3) is 0.150. The molecule has 0 radical (unpaired) electrons. The number of hydrogen-bond acceptors (Lipinski definition) is 4. The van der Waals surface area contributed by atoms with Crippen LogP contribution in [0.3, 0.4) is 0 Å². The van der Waals surface area contributed by atoms with Gasteiger partial charge in [-0.25, -0.2) is 4.39 Å². The summed E-state index contributed by atoms with van der Waals surface area (Å²) in [6.07, 6.45) is -3.36. The molecule has 0 N–H and O–H groups in total. The summed E-state index contributed by atoms with van der Waals surface area (Å²) in [4.78, 5) is 4.23. The van der Waals surface area contributed by atoms with Crippen molar-refractivity contribution in [2.45, 2.75) is 19.0 Å². The van der Waals surface area contributed by atoms with Crippen LogP contribution in [0.2, 0.25) is 0 Å². The quantitative estimate of drug-likeness (QED) is 0.420. The minimum Gasteiger partial charge on any atom is -0.772 e. The second-order valence-electron chi connectivity index (χ2n) is 6.18. The summed E-state index contributed by atoms with van der Waals surface area (Å²) in [5.74, 6) is -1.52. The van der Waals surface area contributed by atoms with Crippen molar-refractivity contribution >= 4 is 11.1 Å². The maximum Gasteiger partial charge on any atom is 0.573 e. The number of rotatable bonds is 5. The first-order valence-electron chi connectivity index (χ1n) is 8.30. The Kier molecular flexibility index (Phi) is 5.99. The van der Waals surface area contributed by atoms with Gasteiger partial charge in [0.1, 0.15) is 11.6 Å². The number of alkyl halides is 3. The molecule has 0 aliphatic carbocycles. The first-order chi connectivity index (χ1) is 13.6. The van der Waals surface area contributed by atoms with Crippen LogP contribution in [-0.2, 0) is 16.8 Å². The Bertz CT molecular complexity index is 1070. The average Bonchev–Trinajstić information content (AvgIpc) is 2.64. The fourth-order valence-corrected chi connectivity index (χ4v) is 3.30. The minimum absolute atomic E-state index is 0.00997. The van der Waals surface area contributed by atoms with E-state index in [2.05, 4.69) is 9.72 Å². The number of benzene rings is 2. The standard InChI is InChI=1S/C20H15F4NO3S/c1-12-4-5-13(10-18(12)28-20(22,23)24)16-3-2-8-25-19(16)14-6-7-15(11-29(26)27)17(21)9-14/h2-10H,11H2,1H3,(H,26,27)/p-1. The number of hydrogen-bond donors (Lipinski definition) is 0. The van der Waals surface area contributed by atoms with Crippen molar-refractivity contribution in [3.63, 3.8) is 0 Å². The summed E-state index contributed by atoms with van der Waals surface area (Å²) in [7, 11) is 0. The summed E-state index contributed by atoms with van der Waals surface area (Å²) in [5, 5.41) is 0. The second-order valence-corrected chi connectivity index (χ2v) is 7.08. The SMILES string of the molecule is Cc1ccc(-c2cccnc2-c2ccc(CS(=O)[O-])c(F)c2)cc1OC(F)(F)F. The van der Waals surface area contributed by atoms with Crippen molar-refractivity contribution < 1.29 is 31.1 Å². The van der Waals surface area contributed by atoms with E-state index >= 15 is 0 Å². The molecular formula is C20H14F4NO3S-. The van der Waals surface area contributed by atoms with Gasteiger partial charge in [-0.15, -0.1) is 13.2 Å². The topological polar surface area (TPSA) is 62.2 Å². The molecule has 3 rings (SSSR count). The second kappa shape index (κ2) is 8.30. The van der Waals surface area contributed by atoms with Crippen molar-refractivity contribution in [3.05, 3.63) is 71.7 Å². The number of aromatic nitrogens is 1. The van der Waals surface area contributed by atoms with Gasteiger partial charge in [0, 0.05) is 23.1 Å². The highest BCUT2D eigenvalue weighted by Gasteiger charge is 2.32. The lowest BCUT2D eigenvalue weighted by atomic mass is 9.97. The molecule has 0 aliphatic rings. The summed E-state index contributed by atoms with van der Waals surface area (Å²) in [5.41, 5.74) is 1.89. The van der Waals surface area contributed by atoms with Gasteiger partial charge in [-0.2, -0.15) is 0 Å². The largest absolute Gasteiger partial charge is 0.772 e. The van der Waals surface area contributed by atoms with Crippen LogP contribution >= 0.6 is 0 Å². The lowest BCUT2D eigenvalue weighted by Gasteiger charge is -2.15. The normalized spacial score (nSPS) is 12.6. The fourth-order valence-electron chi connectivity index (χ4n) is 2.81. The van der Waals surface area contributed by atoms with Crippen LogP contribution in [0, 0.1) is 12.7 Å². The van der Waals surface area contributed by atoms with Crippen molar-refractivity contribution in [2.24, 2.45) is 0 Å². The Morgan fingerprint density at radius 1 is 1.10 bits per heavy atom. The maximum atomic E-state index is 14.3. The van der Waals surface area contributed by atoms with Gasteiger partial charge >= 0.3 is 6.36 Å². The molecule has 3 aromatic rings. The molecule has 0 aliphatic heterocycles. The molecule has 152 valence electrons. The van der Waals surface area contributed by atoms with Gasteiger partial charge < -0.3 is 9.29 Å². The summed E-state index contributed by atoms with van der Waals surface area (Å²) in [6, 6.07) is 11.6. The highest BCUT2D eigenvalue weighted by Crippen LogP contribution is 2.35. The monoisotopic (exact) mass is 424 g/mol. The lowest BCUT2D eigenvalue weighted by Crippen LogP contribution is -2.17. The van der Waals surface area contributed by atoms with Crippen LogP contribution in [0.1, 0.15) is 11.1 Å². The predicted octanol–water partition coefficient (Wildman–Crippen LogP) is 5.14. The van der Waals surface area contributed by atoms with E-state index in [-0.39, 0.29) is 11.3 Å². The Balaban J connectivity index is 2.06. The van der Waals surface area contributed by atoms with Crippen LogP contribution in [0.4, 0.5) is 17.6 Å². The van der Waals surface area contributed by atoms with E-state index in [0.717, 1.165) is 6.07 Å². The van der Waals surface area contributed by atoms with Gasteiger partial charge in [-0.1, -0.05) is 41.4 Å². The van der Waals surface area contributed by atoms with Crippen molar-refractivity contribution in [2.75, 3.05) is 0 Å². The average molecular weight is 424 g/mol. The molecule has 1 heterocycles. The zero-order valence-corrected chi connectivity index (χ0v) is 15.8. The molecule has 9 heteroatoms. The van der Waals surface area contributed by atoms with E-state index in [9.17, 15) is 26.3 Å². The van der Waals surface area contributed by atoms with Crippen LogP contribution < -0.4 is 4.74 Å². The summed E-state index contributed by atoms with van der Waals surface area (Å²) >= 11 is -2.44. The van der Waals surface area contributed by atoms with E-state index in [4.69, 9.17) is 0 Å². The molecule has 0 saturated heterocycles. The van der Waals surface area contributed by atoms with Crippen LogP contribution in [-0.4, -0.2) is 20.1 Å². The Hall–Kier alpha value is -2.78. The Morgan fingerprint density at radius 2 is 1.83 bits per heavy atom. The Morgan fingerprint density at radius 3 is 2.48 bits per heavy atom. The molecule has 2 aromatic carbocycles. The van der Waals surface area contributed by atoms with Gasteiger partial charge in [0.05, 0.1) is 5.69 Å². The molecule has 4 nitrogen and oxygen atoms in total. The van der Waals surface area contributed by atoms with Crippen molar-refractivity contribution in [1.82, 2.24) is 4.98 Å². The molecule has 0 fully saturated rings. The number of nitrogens with zero attached hydrogens (tertiary/aromatic N) is 1. The number of aryl methyl sites for hydroxylation is 1. The molecule has 29 heavy (non-hydrogen) atoms. The zero-order chi connectivity index (χ0) is 21.2. The summed E-state index contributed by atoms with van der Waals surface area (Å²) < 4.78 is 77.9. The third kappa shape index (κ3) is 5.18. The zero-order valence-electron chi connectivity index (χ0n) is 15.0. The first-order valence-corrected chi connectivity index (χ1v) is 9.55. The highest BCUT2D eigenvalue weighted by atomic mass is 32.2. The smallest absolute Gasteiger partial charge is 0.573 e. The van der Waals surface area contributed by atoms with E-state index in [1.165, 1.54) is 37.4 Å². The molecular weight excluding hydrogens is 410 g/mol. The van der Waals surface area contributed by atoms with Crippen molar-refractivity contribution in [3.8, 4) is 28.1 Å².